The van der Waals surface area contributed by atoms with Gasteiger partial charge in [0.1, 0.15) is 6.07 Å². The Morgan fingerprint density at radius 3 is 2.76 bits per heavy atom. The van der Waals surface area contributed by atoms with Crippen LogP contribution in [0.25, 0.3) is 0 Å². The second kappa shape index (κ2) is 5.08. The second-order valence-electron chi connectivity index (χ2n) is 4.04. The largest absolute Gasteiger partial charge is 0.394 e. The van der Waals surface area contributed by atoms with Crippen LogP contribution in [0.3, 0.4) is 0 Å². The van der Waals surface area contributed by atoms with Crippen LogP contribution in [0, 0.1) is 11.3 Å². The molecule has 0 amide bonds. The van der Waals surface area contributed by atoms with Gasteiger partial charge in [0.2, 0.25) is 0 Å². The highest BCUT2D eigenvalue weighted by atomic mass is 16.5. The topological polar surface area (TPSA) is 91.1 Å². The molecule has 1 aromatic rings. The van der Waals surface area contributed by atoms with Crippen molar-refractivity contribution in [1.82, 2.24) is 9.97 Å². The maximum Gasteiger partial charge on any atom is 0.182 e. The van der Waals surface area contributed by atoms with E-state index in [1.165, 1.54) is 12.4 Å². The van der Waals surface area contributed by atoms with Gasteiger partial charge in [-0.15, -0.1) is 0 Å². The minimum atomic E-state index is -0.458. The first kappa shape index (κ1) is 11.8. The predicted molar refractivity (Wildman–Crippen MR) is 60.2 cm³/mol. The molecular weight excluding hydrogens is 220 g/mol. The molecule has 1 aromatic heterocycles. The summed E-state index contributed by atoms with van der Waals surface area (Å²) in [6.07, 6.45) is 4.36. The molecule has 1 aliphatic rings. The minimum Gasteiger partial charge on any atom is -0.394 e. The molecule has 6 nitrogen and oxygen atoms in total. The lowest BCUT2D eigenvalue weighted by Crippen LogP contribution is -2.47. The third-order valence-corrected chi connectivity index (χ3v) is 2.94. The Hall–Kier alpha value is -1.71. The van der Waals surface area contributed by atoms with Crippen molar-refractivity contribution in [2.45, 2.75) is 18.4 Å². The van der Waals surface area contributed by atoms with Gasteiger partial charge in [0.05, 0.1) is 12.1 Å². The summed E-state index contributed by atoms with van der Waals surface area (Å²) in [5.41, 5.74) is -0.216. The first-order valence-electron chi connectivity index (χ1n) is 5.47. The van der Waals surface area contributed by atoms with Gasteiger partial charge in [-0.1, -0.05) is 0 Å². The molecule has 0 saturated carbocycles. The van der Waals surface area contributed by atoms with Crippen LogP contribution < -0.4 is 5.32 Å². The summed E-state index contributed by atoms with van der Waals surface area (Å²) < 4.78 is 5.27. The van der Waals surface area contributed by atoms with E-state index in [9.17, 15) is 5.11 Å². The number of nitrogens with zero attached hydrogens (tertiary/aromatic N) is 3. The zero-order valence-electron chi connectivity index (χ0n) is 9.39. The first-order valence-corrected chi connectivity index (χ1v) is 5.47. The SMILES string of the molecule is N#Cc1nccnc1NC1(CO)CCOCC1. The highest BCUT2D eigenvalue weighted by molar-refractivity contribution is 5.48. The standard InChI is InChI=1S/C11H14N4O2/c12-7-9-10(14-4-3-13-9)15-11(8-16)1-5-17-6-2-11/h3-4,16H,1-2,5-6,8H2,(H,14,15). The normalized spacial score (nSPS) is 18.4. The Balaban J connectivity index is 2.21. The van der Waals surface area contributed by atoms with E-state index in [0.29, 0.717) is 31.9 Å². The predicted octanol–water partition coefficient (Wildman–Crippen LogP) is 0.302. The number of rotatable bonds is 3. The number of nitrogens with one attached hydrogen (secondary N) is 1. The molecule has 1 saturated heterocycles. The van der Waals surface area contributed by atoms with Crippen molar-refractivity contribution in [2.75, 3.05) is 25.1 Å². The molecule has 0 radical (unpaired) electrons. The van der Waals surface area contributed by atoms with Crippen molar-refractivity contribution in [3.8, 4) is 6.07 Å². The molecule has 6 heteroatoms. The highest BCUT2D eigenvalue weighted by Crippen LogP contribution is 2.25. The van der Waals surface area contributed by atoms with Gasteiger partial charge in [0.25, 0.3) is 0 Å². The van der Waals surface area contributed by atoms with E-state index in [1.807, 2.05) is 6.07 Å². The van der Waals surface area contributed by atoms with Crippen LogP contribution in [0.4, 0.5) is 5.82 Å². The fraction of sp³-hybridized carbons (Fsp3) is 0.545. The summed E-state index contributed by atoms with van der Waals surface area (Å²) in [6.45, 7) is 1.17. The van der Waals surface area contributed by atoms with Gasteiger partial charge in [-0.25, -0.2) is 9.97 Å². The lowest BCUT2D eigenvalue weighted by atomic mass is 9.91. The van der Waals surface area contributed by atoms with Gasteiger partial charge in [-0.3, -0.25) is 0 Å². The fourth-order valence-corrected chi connectivity index (χ4v) is 1.85. The zero-order valence-corrected chi connectivity index (χ0v) is 9.39. The third-order valence-electron chi connectivity index (χ3n) is 2.94. The Labute approximate surface area is 99.3 Å². The first-order chi connectivity index (χ1) is 8.29. The summed E-state index contributed by atoms with van der Waals surface area (Å²) in [4.78, 5) is 8.02. The van der Waals surface area contributed by atoms with Crippen molar-refractivity contribution < 1.29 is 9.84 Å². The Kier molecular flexibility index (Phi) is 3.52. The molecular formula is C11H14N4O2. The van der Waals surface area contributed by atoms with Crippen molar-refractivity contribution in [2.24, 2.45) is 0 Å². The maximum atomic E-state index is 9.52. The molecule has 2 N–H and O–H groups in total. The summed E-state index contributed by atoms with van der Waals surface area (Å²) in [7, 11) is 0. The van der Waals surface area contributed by atoms with Crippen molar-refractivity contribution in [1.29, 1.82) is 5.26 Å². The number of ether oxygens (including phenoxy) is 1. The van der Waals surface area contributed by atoms with E-state index >= 15 is 0 Å². The van der Waals surface area contributed by atoms with Gasteiger partial charge in [-0.2, -0.15) is 5.26 Å². The van der Waals surface area contributed by atoms with Gasteiger partial charge in [-0.05, 0) is 12.8 Å². The second-order valence-corrected chi connectivity index (χ2v) is 4.04. The van der Waals surface area contributed by atoms with Crippen LogP contribution in [0.15, 0.2) is 12.4 Å². The number of anilines is 1. The molecule has 0 aromatic carbocycles. The van der Waals surface area contributed by atoms with E-state index < -0.39 is 5.54 Å². The molecule has 2 rings (SSSR count). The maximum absolute atomic E-state index is 9.52. The molecule has 1 aliphatic heterocycles. The Bertz CT molecular complexity index is 424. The number of aliphatic hydroxyl groups is 1. The molecule has 0 spiro atoms. The van der Waals surface area contributed by atoms with Crippen molar-refractivity contribution in [3.63, 3.8) is 0 Å². The molecule has 0 atom stereocenters. The van der Waals surface area contributed by atoms with Crippen LogP contribution >= 0.6 is 0 Å². The van der Waals surface area contributed by atoms with Gasteiger partial charge in [0.15, 0.2) is 11.5 Å². The van der Waals surface area contributed by atoms with Crippen LogP contribution in [-0.2, 0) is 4.74 Å². The highest BCUT2D eigenvalue weighted by Gasteiger charge is 2.32. The van der Waals surface area contributed by atoms with Crippen LogP contribution in [-0.4, -0.2) is 40.4 Å². The molecule has 0 unspecified atom stereocenters. The number of aromatic nitrogens is 2. The van der Waals surface area contributed by atoms with E-state index in [-0.39, 0.29) is 12.3 Å². The van der Waals surface area contributed by atoms with Gasteiger partial charge in [0, 0.05) is 25.6 Å². The van der Waals surface area contributed by atoms with Crippen LogP contribution in [0.5, 0.6) is 0 Å². The molecule has 2 heterocycles. The lowest BCUT2D eigenvalue weighted by Gasteiger charge is -2.36. The zero-order chi connectivity index (χ0) is 12.1. The number of hydrogen-bond acceptors (Lipinski definition) is 6. The summed E-state index contributed by atoms with van der Waals surface area (Å²) in [6, 6.07) is 1.98. The molecule has 0 aliphatic carbocycles. The van der Waals surface area contributed by atoms with Crippen molar-refractivity contribution in [3.05, 3.63) is 18.1 Å². The molecule has 90 valence electrons. The smallest absolute Gasteiger partial charge is 0.182 e. The Morgan fingerprint density at radius 1 is 1.41 bits per heavy atom. The summed E-state index contributed by atoms with van der Waals surface area (Å²) >= 11 is 0. The minimum absolute atomic E-state index is 0.0161. The van der Waals surface area contributed by atoms with E-state index in [2.05, 4.69) is 15.3 Å². The summed E-state index contributed by atoms with van der Waals surface area (Å²) in [5, 5.41) is 21.6. The Morgan fingerprint density at radius 2 is 2.12 bits per heavy atom. The molecule has 1 fully saturated rings. The average molecular weight is 234 g/mol. The lowest BCUT2D eigenvalue weighted by molar-refractivity contribution is 0.0378. The fourth-order valence-electron chi connectivity index (χ4n) is 1.85. The molecule has 17 heavy (non-hydrogen) atoms. The summed E-state index contributed by atoms with van der Waals surface area (Å²) in [5.74, 6) is 0.422. The van der Waals surface area contributed by atoms with E-state index in [0.717, 1.165) is 0 Å². The van der Waals surface area contributed by atoms with Gasteiger partial charge < -0.3 is 15.2 Å². The quantitative estimate of drug-likeness (QED) is 0.781. The number of nitriles is 1. The number of aliphatic hydroxyl groups excluding tert-OH is 1. The van der Waals surface area contributed by atoms with Gasteiger partial charge >= 0.3 is 0 Å². The van der Waals surface area contributed by atoms with E-state index in [1.54, 1.807) is 0 Å². The monoisotopic (exact) mass is 234 g/mol. The average Bonchev–Trinajstić information content (AvgIpc) is 2.40. The van der Waals surface area contributed by atoms with Crippen LogP contribution in [0.2, 0.25) is 0 Å². The van der Waals surface area contributed by atoms with Crippen LogP contribution in [0.1, 0.15) is 18.5 Å². The molecule has 0 bridgehead atoms. The third kappa shape index (κ3) is 2.52. The number of hydrogen-bond donors (Lipinski definition) is 2. The van der Waals surface area contributed by atoms with Crippen molar-refractivity contribution >= 4 is 5.82 Å². The van der Waals surface area contributed by atoms with E-state index in [4.69, 9.17) is 10.00 Å².